The zero-order valence-electron chi connectivity index (χ0n) is 16.5. The molecule has 3 aliphatic rings. The van der Waals surface area contributed by atoms with Crippen molar-refractivity contribution < 1.29 is 14.0 Å². The van der Waals surface area contributed by atoms with Crippen molar-refractivity contribution in [3.8, 4) is 0 Å². The number of aliphatic imine (C=N–C) groups is 1. The van der Waals surface area contributed by atoms with E-state index in [0.29, 0.717) is 5.56 Å². The van der Waals surface area contributed by atoms with E-state index in [-0.39, 0.29) is 24.3 Å². The zero-order valence-corrected chi connectivity index (χ0v) is 16.5. The van der Waals surface area contributed by atoms with Gasteiger partial charge in [0.25, 0.3) is 5.91 Å². The van der Waals surface area contributed by atoms with E-state index < -0.39 is 18.2 Å². The third-order valence-corrected chi connectivity index (χ3v) is 5.72. The number of carbonyl (C=O) groups excluding carboxylic acids is 2. The molecule has 3 aliphatic heterocycles. The Labute approximate surface area is 163 Å². The first-order valence-corrected chi connectivity index (χ1v) is 9.50. The fraction of sp³-hybridized carbons (Fsp3) is 0.450. The van der Waals surface area contributed by atoms with Gasteiger partial charge in [0, 0.05) is 25.0 Å². The Morgan fingerprint density at radius 1 is 1.21 bits per heavy atom. The summed E-state index contributed by atoms with van der Waals surface area (Å²) < 4.78 is 13.2. The standard InChI is InChI=1S/C20H24FN5O2/c1-5-12(2)26-13(3)10-24-16-17(22-19(24)26)23(4)20(28)25(18(16)27)11-14-6-8-15(21)9-7-14/h6-10,12,16-17H,5,11H2,1-4H3. The van der Waals surface area contributed by atoms with Crippen LogP contribution in [0.5, 0.6) is 0 Å². The number of nitrogens with zero attached hydrogens (tertiary/aromatic N) is 5. The number of imide groups is 1. The van der Waals surface area contributed by atoms with Crippen LogP contribution in [0.1, 0.15) is 32.8 Å². The highest BCUT2D eigenvalue weighted by Crippen LogP contribution is 2.35. The van der Waals surface area contributed by atoms with Gasteiger partial charge >= 0.3 is 6.03 Å². The van der Waals surface area contributed by atoms with Crippen LogP contribution in [0.4, 0.5) is 9.18 Å². The summed E-state index contributed by atoms with van der Waals surface area (Å²) in [5.41, 5.74) is 1.73. The molecule has 1 saturated heterocycles. The fourth-order valence-electron chi connectivity index (χ4n) is 4.02. The van der Waals surface area contributed by atoms with Gasteiger partial charge in [-0.05, 0) is 38.0 Å². The molecular formula is C20H24FN5O2. The number of urea groups is 1. The van der Waals surface area contributed by atoms with Gasteiger partial charge in [-0.1, -0.05) is 19.1 Å². The molecule has 0 aromatic heterocycles. The summed E-state index contributed by atoms with van der Waals surface area (Å²) in [7, 11) is 1.67. The van der Waals surface area contributed by atoms with Gasteiger partial charge in [0.1, 0.15) is 5.82 Å². The van der Waals surface area contributed by atoms with Crippen LogP contribution < -0.4 is 0 Å². The van der Waals surface area contributed by atoms with Crippen LogP contribution in [0, 0.1) is 5.82 Å². The molecule has 4 rings (SSSR count). The van der Waals surface area contributed by atoms with Crippen molar-refractivity contribution >= 4 is 17.9 Å². The van der Waals surface area contributed by atoms with Gasteiger partial charge < -0.3 is 14.7 Å². The van der Waals surface area contributed by atoms with E-state index in [1.54, 1.807) is 19.2 Å². The maximum Gasteiger partial charge on any atom is 0.328 e. The van der Waals surface area contributed by atoms with Crippen molar-refractivity contribution in [1.82, 2.24) is 19.6 Å². The molecule has 8 heteroatoms. The van der Waals surface area contributed by atoms with E-state index in [2.05, 4.69) is 18.7 Å². The van der Waals surface area contributed by atoms with Crippen LogP contribution in [0.2, 0.25) is 0 Å². The number of rotatable bonds is 4. The van der Waals surface area contributed by atoms with E-state index >= 15 is 0 Å². The second-order valence-corrected chi connectivity index (χ2v) is 7.54. The summed E-state index contributed by atoms with van der Waals surface area (Å²) in [5, 5.41) is 0. The van der Waals surface area contributed by atoms with Gasteiger partial charge in [-0.3, -0.25) is 9.69 Å². The Morgan fingerprint density at radius 3 is 2.54 bits per heavy atom. The quantitative estimate of drug-likeness (QED) is 0.799. The first-order chi connectivity index (χ1) is 13.3. The largest absolute Gasteiger partial charge is 0.328 e. The lowest BCUT2D eigenvalue weighted by Gasteiger charge is -2.40. The molecule has 0 N–H and O–H groups in total. The molecule has 0 spiro atoms. The SMILES string of the molecule is CCC(C)N1C(C)=CN2C1=NC1C2C(=O)N(Cc2ccc(F)cc2)C(=O)N1C. The van der Waals surface area contributed by atoms with Crippen molar-refractivity contribution in [3.05, 3.63) is 47.5 Å². The smallest absolute Gasteiger partial charge is 0.312 e. The van der Waals surface area contributed by atoms with Crippen LogP contribution in [0.3, 0.4) is 0 Å². The van der Waals surface area contributed by atoms with Gasteiger partial charge in [0.15, 0.2) is 12.2 Å². The maximum absolute atomic E-state index is 13.3. The Morgan fingerprint density at radius 2 is 1.89 bits per heavy atom. The average Bonchev–Trinajstić information content (AvgIpc) is 3.19. The number of guanidine groups is 1. The molecule has 3 amide bonds. The van der Waals surface area contributed by atoms with Crippen LogP contribution in [0.25, 0.3) is 0 Å². The van der Waals surface area contributed by atoms with Crippen molar-refractivity contribution in [3.63, 3.8) is 0 Å². The fourth-order valence-corrected chi connectivity index (χ4v) is 4.02. The van der Waals surface area contributed by atoms with Crippen LogP contribution in [0.15, 0.2) is 41.2 Å². The van der Waals surface area contributed by atoms with Crippen molar-refractivity contribution in [1.29, 1.82) is 0 Å². The molecule has 3 heterocycles. The van der Waals surface area contributed by atoms with Crippen LogP contribution in [-0.4, -0.2) is 62.8 Å². The second kappa shape index (κ2) is 6.61. The molecule has 0 aliphatic carbocycles. The number of hydrogen-bond acceptors (Lipinski definition) is 5. The average molecular weight is 385 g/mol. The summed E-state index contributed by atoms with van der Waals surface area (Å²) in [6.45, 7) is 6.32. The summed E-state index contributed by atoms with van der Waals surface area (Å²) in [4.78, 5) is 37.6. The molecule has 28 heavy (non-hydrogen) atoms. The molecule has 3 atom stereocenters. The normalized spacial score (nSPS) is 25.0. The summed E-state index contributed by atoms with van der Waals surface area (Å²) in [6, 6.07) is 5.10. The summed E-state index contributed by atoms with van der Waals surface area (Å²) in [5.74, 6) is 0.0820. The molecule has 3 unspecified atom stereocenters. The third-order valence-electron chi connectivity index (χ3n) is 5.72. The highest BCUT2D eigenvalue weighted by molar-refractivity contribution is 6.04. The lowest BCUT2D eigenvalue weighted by molar-refractivity contribution is -0.137. The topological polar surface area (TPSA) is 59.5 Å². The van der Waals surface area contributed by atoms with Gasteiger partial charge in [-0.2, -0.15) is 0 Å². The molecule has 148 valence electrons. The highest BCUT2D eigenvalue weighted by atomic mass is 19.1. The van der Waals surface area contributed by atoms with Crippen molar-refractivity contribution in [2.45, 2.75) is 52.0 Å². The van der Waals surface area contributed by atoms with Crippen LogP contribution >= 0.6 is 0 Å². The number of benzene rings is 1. The minimum atomic E-state index is -0.581. The predicted molar refractivity (Wildman–Crippen MR) is 102 cm³/mol. The number of allylic oxidation sites excluding steroid dienone is 1. The first-order valence-electron chi connectivity index (χ1n) is 9.50. The number of carbonyl (C=O) groups is 2. The number of amides is 3. The molecular weight excluding hydrogens is 361 g/mol. The zero-order chi connectivity index (χ0) is 20.2. The number of likely N-dealkylation sites (N-methyl/N-ethyl adjacent to an activating group) is 1. The van der Waals surface area contributed by atoms with Gasteiger partial charge in [-0.25, -0.2) is 14.2 Å². The van der Waals surface area contributed by atoms with E-state index in [4.69, 9.17) is 4.99 Å². The summed E-state index contributed by atoms with van der Waals surface area (Å²) >= 11 is 0. The van der Waals surface area contributed by atoms with E-state index in [1.165, 1.54) is 21.9 Å². The predicted octanol–water partition coefficient (Wildman–Crippen LogP) is 2.56. The van der Waals surface area contributed by atoms with E-state index in [0.717, 1.165) is 18.1 Å². The molecule has 1 aromatic carbocycles. The molecule has 7 nitrogen and oxygen atoms in total. The molecule has 0 radical (unpaired) electrons. The number of fused-ring (bicyclic) bond motifs is 3. The minimum absolute atomic E-state index is 0.104. The molecule has 0 bridgehead atoms. The lowest BCUT2D eigenvalue weighted by atomic mass is 10.1. The van der Waals surface area contributed by atoms with Gasteiger partial charge in [0.2, 0.25) is 5.96 Å². The van der Waals surface area contributed by atoms with E-state index in [1.807, 2.05) is 18.0 Å². The van der Waals surface area contributed by atoms with Gasteiger partial charge in [0.05, 0.1) is 6.54 Å². The Hall–Kier alpha value is -2.90. The first kappa shape index (κ1) is 18.5. The van der Waals surface area contributed by atoms with Gasteiger partial charge in [-0.15, -0.1) is 0 Å². The number of hydrogen-bond donors (Lipinski definition) is 0. The number of halogens is 1. The Bertz CT molecular complexity index is 881. The van der Waals surface area contributed by atoms with Crippen molar-refractivity contribution in [2.75, 3.05) is 7.05 Å². The summed E-state index contributed by atoms with van der Waals surface area (Å²) in [6.07, 6.45) is 2.33. The maximum atomic E-state index is 13.3. The monoisotopic (exact) mass is 385 g/mol. The van der Waals surface area contributed by atoms with Crippen LogP contribution in [-0.2, 0) is 11.3 Å². The molecule has 1 aromatic rings. The highest BCUT2D eigenvalue weighted by Gasteiger charge is 2.54. The minimum Gasteiger partial charge on any atom is -0.312 e. The third kappa shape index (κ3) is 2.66. The Balaban J connectivity index is 1.64. The van der Waals surface area contributed by atoms with Crippen molar-refractivity contribution in [2.24, 2.45) is 4.99 Å². The second-order valence-electron chi connectivity index (χ2n) is 7.54. The molecule has 1 fully saturated rings. The Kier molecular flexibility index (Phi) is 4.36. The van der Waals surface area contributed by atoms with E-state index in [9.17, 15) is 14.0 Å². The molecule has 0 saturated carbocycles. The lowest BCUT2D eigenvalue weighted by Crippen LogP contribution is -2.63.